The molecule has 0 spiro atoms. The number of benzene rings is 1. The maximum Gasteiger partial charge on any atom is 0.303 e. The fraction of sp³-hybridized carbons (Fsp3) is 0.667. The molecule has 31 heavy (non-hydrogen) atoms. The first-order chi connectivity index (χ1) is 14.7. The largest absolute Gasteiger partial charge is 0.493 e. The number of methoxy groups -OCH3 is 1. The summed E-state index contributed by atoms with van der Waals surface area (Å²) in [7, 11) is 1.63. The van der Waals surface area contributed by atoms with Gasteiger partial charge in [-0.05, 0) is 57.2 Å². The van der Waals surface area contributed by atoms with Crippen molar-refractivity contribution in [3.63, 3.8) is 0 Å². The molecular formula is C24H35NO6. The quantitative estimate of drug-likeness (QED) is 0.665. The SMILES string of the molecule is COc1ccc(C2CN(C(=O)[C@H](C)OC(C)=O)CC2(C)C(C)O)cc1OC1CCCC1. The minimum absolute atomic E-state index is 0.0992. The maximum absolute atomic E-state index is 12.9. The summed E-state index contributed by atoms with van der Waals surface area (Å²) in [4.78, 5) is 25.9. The molecule has 1 aromatic carbocycles. The van der Waals surface area contributed by atoms with Crippen LogP contribution in [-0.4, -0.2) is 60.4 Å². The lowest BCUT2D eigenvalue weighted by Crippen LogP contribution is -2.41. The predicted molar refractivity (Wildman–Crippen MR) is 116 cm³/mol. The van der Waals surface area contributed by atoms with Gasteiger partial charge < -0.3 is 24.2 Å². The van der Waals surface area contributed by atoms with Crippen LogP contribution < -0.4 is 9.47 Å². The predicted octanol–water partition coefficient (Wildman–Crippen LogP) is 3.28. The molecule has 0 aromatic heterocycles. The fourth-order valence-electron chi connectivity index (χ4n) is 4.84. The maximum atomic E-state index is 12.9. The van der Waals surface area contributed by atoms with Gasteiger partial charge in [0, 0.05) is 31.3 Å². The van der Waals surface area contributed by atoms with Crippen molar-refractivity contribution in [3.8, 4) is 11.5 Å². The number of carbonyl (C=O) groups is 2. The van der Waals surface area contributed by atoms with E-state index >= 15 is 0 Å². The number of likely N-dealkylation sites (tertiary alicyclic amines) is 1. The van der Waals surface area contributed by atoms with Crippen LogP contribution >= 0.6 is 0 Å². The zero-order valence-corrected chi connectivity index (χ0v) is 19.2. The second-order valence-electron chi connectivity index (χ2n) is 9.14. The standard InChI is InChI=1S/C24H35NO6/c1-15(30-17(3)27)23(28)25-13-20(24(4,14-25)16(2)26)18-10-11-21(29-5)22(12-18)31-19-8-6-7-9-19/h10-12,15-16,19-20,26H,6-9,13-14H2,1-5H3/t15-,16?,20?,24?/m0/s1. The van der Waals surface area contributed by atoms with Crippen LogP contribution in [0, 0.1) is 5.41 Å². The average Bonchev–Trinajstić information content (AvgIpc) is 3.35. The van der Waals surface area contributed by atoms with Gasteiger partial charge in [-0.25, -0.2) is 0 Å². The fourth-order valence-corrected chi connectivity index (χ4v) is 4.84. The van der Waals surface area contributed by atoms with Crippen molar-refractivity contribution in [2.24, 2.45) is 5.41 Å². The van der Waals surface area contributed by atoms with Gasteiger partial charge in [-0.1, -0.05) is 13.0 Å². The lowest BCUT2D eigenvalue weighted by molar-refractivity contribution is -0.157. The van der Waals surface area contributed by atoms with Crippen molar-refractivity contribution in [2.75, 3.05) is 20.2 Å². The molecule has 1 N–H and O–H groups in total. The molecule has 4 atom stereocenters. The van der Waals surface area contributed by atoms with E-state index in [0.29, 0.717) is 24.6 Å². The van der Waals surface area contributed by atoms with Gasteiger partial charge in [-0.2, -0.15) is 0 Å². The first-order valence-corrected chi connectivity index (χ1v) is 11.1. The summed E-state index contributed by atoms with van der Waals surface area (Å²) in [6.45, 7) is 7.44. The summed E-state index contributed by atoms with van der Waals surface area (Å²) >= 11 is 0. The number of rotatable bonds is 7. The van der Waals surface area contributed by atoms with Crippen molar-refractivity contribution < 1.29 is 28.9 Å². The molecule has 1 amide bonds. The summed E-state index contributed by atoms with van der Waals surface area (Å²) in [6.07, 6.45) is 3.13. The highest BCUT2D eigenvalue weighted by molar-refractivity contribution is 5.83. The van der Waals surface area contributed by atoms with E-state index in [4.69, 9.17) is 14.2 Å². The third-order valence-electron chi connectivity index (χ3n) is 6.87. The van der Waals surface area contributed by atoms with Crippen LogP contribution in [0.4, 0.5) is 0 Å². The van der Waals surface area contributed by atoms with Crippen molar-refractivity contribution >= 4 is 11.9 Å². The van der Waals surface area contributed by atoms with Gasteiger partial charge >= 0.3 is 5.97 Å². The van der Waals surface area contributed by atoms with Crippen LogP contribution in [0.1, 0.15) is 64.9 Å². The molecule has 1 saturated carbocycles. The highest BCUT2D eigenvalue weighted by Gasteiger charge is 2.49. The number of aliphatic hydroxyl groups is 1. The number of carbonyl (C=O) groups excluding carboxylic acids is 2. The zero-order chi connectivity index (χ0) is 22.8. The van der Waals surface area contributed by atoms with Crippen LogP contribution in [0.25, 0.3) is 0 Å². The van der Waals surface area contributed by atoms with E-state index < -0.39 is 23.6 Å². The van der Waals surface area contributed by atoms with E-state index in [1.807, 2.05) is 25.1 Å². The van der Waals surface area contributed by atoms with E-state index in [0.717, 1.165) is 18.4 Å². The Morgan fingerprint density at radius 3 is 2.45 bits per heavy atom. The Morgan fingerprint density at radius 2 is 1.87 bits per heavy atom. The normalized spacial score (nSPS) is 25.9. The molecule has 1 heterocycles. The molecule has 3 rings (SSSR count). The van der Waals surface area contributed by atoms with Crippen molar-refractivity contribution in [1.82, 2.24) is 4.90 Å². The van der Waals surface area contributed by atoms with Gasteiger partial charge in [0.25, 0.3) is 5.91 Å². The van der Waals surface area contributed by atoms with Crippen molar-refractivity contribution in [1.29, 1.82) is 0 Å². The molecule has 1 aliphatic heterocycles. The van der Waals surface area contributed by atoms with Crippen LogP contribution in [0.2, 0.25) is 0 Å². The Balaban J connectivity index is 1.88. The van der Waals surface area contributed by atoms with Gasteiger partial charge in [0.15, 0.2) is 17.6 Å². The molecule has 2 fully saturated rings. The summed E-state index contributed by atoms with van der Waals surface area (Å²) in [6, 6.07) is 5.87. The topological polar surface area (TPSA) is 85.3 Å². The first-order valence-electron chi connectivity index (χ1n) is 11.1. The molecule has 7 heteroatoms. The third kappa shape index (κ3) is 4.97. The third-order valence-corrected chi connectivity index (χ3v) is 6.87. The van der Waals surface area contributed by atoms with E-state index in [9.17, 15) is 14.7 Å². The number of esters is 1. The molecule has 0 radical (unpaired) electrons. The molecule has 1 saturated heterocycles. The molecule has 7 nitrogen and oxygen atoms in total. The molecular weight excluding hydrogens is 398 g/mol. The van der Waals surface area contributed by atoms with Gasteiger partial charge in [0.2, 0.25) is 0 Å². The highest BCUT2D eigenvalue weighted by Crippen LogP contribution is 2.47. The van der Waals surface area contributed by atoms with Crippen LogP contribution in [0.3, 0.4) is 0 Å². The first kappa shape index (κ1) is 23.4. The van der Waals surface area contributed by atoms with Gasteiger partial charge in [-0.15, -0.1) is 0 Å². The Hall–Kier alpha value is -2.28. The second-order valence-corrected chi connectivity index (χ2v) is 9.14. The molecule has 2 aliphatic rings. The highest BCUT2D eigenvalue weighted by atomic mass is 16.5. The molecule has 0 bridgehead atoms. The Kier molecular flexibility index (Phi) is 7.14. The molecule has 1 aromatic rings. The summed E-state index contributed by atoms with van der Waals surface area (Å²) < 4.78 is 16.9. The second kappa shape index (κ2) is 9.47. The van der Waals surface area contributed by atoms with Crippen molar-refractivity contribution in [2.45, 2.75) is 77.6 Å². The average molecular weight is 434 g/mol. The monoisotopic (exact) mass is 433 g/mol. The summed E-state index contributed by atoms with van der Waals surface area (Å²) in [5.41, 5.74) is 0.442. The molecule has 3 unspecified atom stereocenters. The van der Waals surface area contributed by atoms with Crippen molar-refractivity contribution in [3.05, 3.63) is 23.8 Å². The summed E-state index contributed by atoms with van der Waals surface area (Å²) in [5.74, 6) is 0.554. The molecule has 172 valence electrons. The Bertz CT molecular complexity index is 803. The van der Waals surface area contributed by atoms with Crippen LogP contribution in [-0.2, 0) is 14.3 Å². The van der Waals surface area contributed by atoms with Crippen LogP contribution in [0.15, 0.2) is 18.2 Å². The van der Waals surface area contributed by atoms with Gasteiger partial charge in [0.1, 0.15) is 0 Å². The lowest BCUT2D eigenvalue weighted by Gasteiger charge is -2.34. The number of nitrogens with zero attached hydrogens (tertiary/aromatic N) is 1. The number of aliphatic hydroxyl groups excluding tert-OH is 1. The lowest BCUT2D eigenvalue weighted by atomic mass is 9.72. The summed E-state index contributed by atoms with van der Waals surface area (Å²) in [5, 5.41) is 10.6. The number of hydrogen-bond donors (Lipinski definition) is 1. The number of hydrogen-bond acceptors (Lipinski definition) is 6. The van der Waals surface area contributed by atoms with E-state index in [1.54, 1.807) is 25.9 Å². The van der Waals surface area contributed by atoms with Gasteiger partial charge in [0.05, 0.1) is 19.3 Å². The smallest absolute Gasteiger partial charge is 0.303 e. The van der Waals surface area contributed by atoms with E-state index in [2.05, 4.69) is 0 Å². The molecule has 1 aliphatic carbocycles. The van der Waals surface area contributed by atoms with E-state index in [-0.39, 0.29) is 17.9 Å². The minimum atomic E-state index is -0.855. The minimum Gasteiger partial charge on any atom is -0.493 e. The number of amides is 1. The Labute approximate surface area is 184 Å². The van der Waals surface area contributed by atoms with E-state index in [1.165, 1.54) is 19.8 Å². The zero-order valence-electron chi connectivity index (χ0n) is 19.2. The van der Waals surface area contributed by atoms with Gasteiger partial charge in [-0.3, -0.25) is 9.59 Å². The number of ether oxygens (including phenoxy) is 3. The van der Waals surface area contributed by atoms with Crippen LogP contribution in [0.5, 0.6) is 11.5 Å². The Morgan fingerprint density at radius 1 is 1.19 bits per heavy atom.